The fourth-order valence-electron chi connectivity index (χ4n) is 2.19. The Bertz CT molecular complexity index is 494. The first-order valence-electron chi connectivity index (χ1n) is 6.10. The summed E-state index contributed by atoms with van der Waals surface area (Å²) in [5, 5.41) is 11.4. The third kappa shape index (κ3) is 2.64. The molecule has 0 spiro atoms. The van der Waals surface area contributed by atoms with Gasteiger partial charge in [0.25, 0.3) is 0 Å². The van der Waals surface area contributed by atoms with Crippen LogP contribution >= 0.6 is 11.3 Å². The monoisotopic (exact) mass is 270 g/mol. The molecule has 1 amide bonds. The Balaban J connectivity index is 2.03. The van der Waals surface area contributed by atoms with Gasteiger partial charge in [0.1, 0.15) is 6.54 Å². The zero-order valence-electron chi connectivity index (χ0n) is 10.6. The lowest BCUT2D eigenvalue weighted by Gasteiger charge is -2.34. The summed E-state index contributed by atoms with van der Waals surface area (Å²) in [6.45, 7) is 5.01. The van der Waals surface area contributed by atoms with Gasteiger partial charge in [0.05, 0.1) is 6.10 Å². The molecule has 5 nitrogen and oxygen atoms in total. The van der Waals surface area contributed by atoms with Gasteiger partial charge in [-0.2, -0.15) is 0 Å². The van der Waals surface area contributed by atoms with Gasteiger partial charge >= 0.3 is 4.87 Å². The van der Waals surface area contributed by atoms with Crippen molar-refractivity contribution in [1.29, 1.82) is 0 Å². The lowest BCUT2D eigenvalue weighted by Crippen LogP contribution is -2.46. The maximum atomic E-state index is 12.1. The van der Waals surface area contributed by atoms with Crippen molar-refractivity contribution in [2.75, 3.05) is 13.1 Å². The van der Waals surface area contributed by atoms with Crippen LogP contribution in [0.25, 0.3) is 0 Å². The van der Waals surface area contributed by atoms with E-state index in [1.54, 1.807) is 10.3 Å². The molecule has 1 aliphatic heterocycles. The van der Waals surface area contributed by atoms with E-state index in [2.05, 4.69) is 0 Å². The van der Waals surface area contributed by atoms with Crippen LogP contribution in [0.15, 0.2) is 10.2 Å². The summed E-state index contributed by atoms with van der Waals surface area (Å²) in [6.07, 6.45) is 0.296. The van der Waals surface area contributed by atoms with Gasteiger partial charge in [-0.3, -0.25) is 14.2 Å². The van der Waals surface area contributed by atoms with Crippen LogP contribution in [0, 0.1) is 12.8 Å². The van der Waals surface area contributed by atoms with E-state index in [-0.39, 0.29) is 29.3 Å². The first-order chi connectivity index (χ1) is 8.49. The summed E-state index contributed by atoms with van der Waals surface area (Å²) >= 11 is 1.12. The summed E-state index contributed by atoms with van der Waals surface area (Å²) in [5.41, 5.74) is 0.823. The number of piperidine rings is 1. The Morgan fingerprint density at radius 3 is 2.89 bits per heavy atom. The first kappa shape index (κ1) is 13.3. The lowest BCUT2D eigenvalue weighted by atomic mass is 9.97. The Kier molecular flexibility index (Phi) is 3.87. The maximum absolute atomic E-state index is 12.1. The van der Waals surface area contributed by atoms with Crippen molar-refractivity contribution in [3.05, 3.63) is 20.7 Å². The fraction of sp³-hybridized carbons (Fsp3) is 0.667. The molecule has 2 unspecified atom stereocenters. The number of hydrogen-bond acceptors (Lipinski definition) is 4. The molecule has 0 bridgehead atoms. The van der Waals surface area contributed by atoms with Crippen molar-refractivity contribution < 1.29 is 9.90 Å². The van der Waals surface area contributed by atoms with E-state index in [1.807, 2.05) is 13.8 Å². The first-order valence-corrected chi connectivity index (χ1v) is 6.97. The van der Waals surface area contributed by atoms with Crippen LogP contribution in [0.3, 0.4) is 0 Å². The number of aliphatic hydroxyl groups excluding tert-OH is 1. The summed E-state index contributed by atoms with van der Waals surface area (Å²) in [6, 6.07) is 0. The molecule has 2 rings (SSSR count). The second kappa shape index (κ2) is 5.24. The SMILES string of the molecule is Cc1csc(=O)n1CC(=O)N1CCC(O)C(C)C1. The summed E-state index contributed by atoms with van der Waals surface area (Å²) in [4.78, 5) is 25.3. The Hall–Kier alpha value is -1.14. The number of likely N-dealkylation sites (tertiary alicyclic amines) is 1. The third-order valence-corrected chi connectivity index (χ3v) is 4.36. The normalized spacial score (nSPS) is 24.3. The van der Waals surface area contributed by atoms with E-state index in [1.165, 1.54) is 4.57 Å². The molecule has 0 saturated carbocycles. The topological polar surface area (TPSA) is 62.5 Å². The standard InChI is InChI=1S/C12H18N2O3S/c1-8-5-13(4-3-10(8)15)11(16)6-14-9(2)7-18-12(14)17/h7-8,10,15H,3-6H2,1-2H3. The average molecular weight is 270 g/mol. The van der Waals surface area contributed by atoms with Gasteiger partial charge in [0.15, 0.2) is 0 Å². The van der Waals surface area contributed by atoms with Crippen molar-refractivity contribution >= 4 is 17.2 Å². The number of thiazole rings is 1. The van der Waals surface area contributed by atoms with E-state index >= 15 is 0 Å². The van der Waals surface area contributed by atoms with Crippen molar-refractivity contribution in [2.24, 2.45) is 5.92 Å². The molecule has 1 N–H and O–H groups in total. The van der Waals surface area contributed by atoms with Crippen molar-refractivity contribution in [1.82, 2.24) is 9.47 Å². The number of aromatic nitrogens is 1. The van der Waals surface area contributed by atoms with E-state index in [9.17, 15) is 14.7 Å². The second-order valence-corrected chi connectivity index (χ2v) is 5.72. The highest BCUT2D eigenvalue weighted by Gasteiger charge is 2.27. The van der Waals surface area contributed by atoms with Crippen LogP contribution in [-0.4, -0.2) is 39.7 Å². The number of aryl methyl sites for hydroxylation is 1. The minimum atomic E-state index is -0.320. The van der Waals surface area contributed by atoms with Crippen LogP contribution in [0.5, 0.6) is 0 Å². The molecule has 18 heavy (non-hydrogen) atoms. The van der Waals surface area contributed by atoms with Gasteiger partial charge in [-0.15, -0.1) is 0 Å². The van der Waals surface area contributed by atoms with Crippen LogP contribution in [0.1, 0.15) is 19.0 Å². The molecule has 1 fully saturated rings. The van der Waals surface area contributed by atoms with Gasteiger partial charge in [-0.1, -0.05) is 18.3 Å². The molecule has 2 heterocycles. The lowest BCUT2D eigenvalue weighted by molar-refractivity contribution is -0.135. The molecule has 1 aromatic rings. The van der Waals surface area contributed by atoms with Gasteiger partial charge in [-0.25, -0.2) is 0 Å². The van der Waals surface area contributed by atoms with E-state index < -0.39 is 0 Å². The number of aliphatic hydroxyl groups is 1. The van der Waals surface area contributed by atoms with Crippen LogP contribution in [-0.2, 0) is 11.3 Å². The van der Waals surface area contributed by atoms with E-state index in [4.69, 9.17) is 0 Å². The number of nitrogens with zero attached hydrogens (tertiary/aromatic N) is 2. The zero-order valence-corrected chi connectivity index (χ0v) is 11.4. The number of hydrogen-bond donors (Lipinski definition) is 1. The molecule has 100 valence electrons. The van der Waals surface area contributed by atoms with Gasteiger partial charge in [0.2, 0.25) is 5.91 Å². The van der Waals surface area contributed by atoms with Gasteiger partial charge in [0, 0.05) is 24.2 Å². The van der Waals surface area contributed by atoms with Crippen molar-refractivity contribution in [3.8, 4) is 0 Å². The van der Waals surface area contributed by atoms with E-state index in [0.717, 1.165) is 17.0 Å². The molecule has 0 aromatic carbocycles. The number of carbonyl (C=O) groups excluding carboxylic acids is 1. The fourth-order valence-corrected chi connectivity index (χ4v) is 2.93. The Labute approximate surface area is 110 Å². The smallest absolute Gasteiger partial charge is 0.307 e. The molecular formula is C12H18N2O3S. The molecule has 0 aliphatic carbocycles. The highest BCUT2D eigenvalue weighted by atomic mass is 32.1. The summed E-state index contributed by atoms with van der Waals surface area (Å²) < 4.78 is 1.50. The molecule has 0 radical (unpaired) electrons. The highest BCUT2D eigenvalue weighted by molar-refractivity contribution is 7.07. The molecule has 2 atom stereocenters. The van der Waals surface area contributed by atoms with Crippen LogP contribution in [0.2, 0.25) is 0 Å². The molecular weight excluding hydrogens is 252 g/mol. The number of amides is 1. The van der Waals surface area contributed by atoms with Gasteiger partial charge < -0.3 is 10.0 Å². The predicted molar refractivity (Wildman–Crippen MR) is 69.7 cm³/mol. The molecule has 1 saturated heterocycles. The van der Waals surface area contributed by atoms with Crippen LogP contribution < -0.4 is 4.87 Å². The number of rotatable bonds is 2. The van der Waals surface area contributed by atoms with Crippen LogP contribution in [0.4, 0.5) is 0 Å². The average Bonchev–Trinajstić information content (AvgIpc) is 2.64. The Morgan fingerprint density at radius 2 is 2.33 bits per heavy atom. The van der Waals surface area contributed by atoms with Crippen molar-refractivity contribution in [2.45, 2.75) is 32.9 Å². The van der Waals surface area contributed by atoms with Crippen molar-refractivity contribution in [3.63, 3.8) is 0 Å². The maximum Gasteiger partial charge on any atom is 0.307 e. The highest BCUT2D eigenvalue weighted by Crippen LogP contribution is 2.16. The Morgan fingerprint density at radius 1 is 1.61 bits per heavy atom. The summed E-state index contributed by atoms with van der Waals surface area (Å²) in [7, 11) is 0. The minimum absolute atomic E-state index is 0.0441. The summed E-state index contributed by atoms with van der Waals surface area (Å²) in [5.74, 6) is 0.0559. The largest absolute Gasteiger partial charge is 0.393 e. The van der Waals surface area contributed by atoms with Gasteiger partial charge in [-0.05, 0) is 19.3 Å². The quantitative estimate of drug-likeness (QED) is 0.848. The molecule has 1 aromatic heterocycles. The molecule has 6 heteroatoms. The zero-order chi connectivity index (χ0) is 13.3. The van der Waals surface area contributed by atoms with E-state index in [0.29, 0.717) is 19.5 Å². The predicted octanol–water partition coefficient (Wildman–Crippen LogP) is 0.448. The molecule has 1 aliphatic rings. The minimum Gasteiger partial charge on any atom is -0.393 e. The number of carbonyl (C=O) groups is 1. The second-order valence-electron chi connectivity index (χ2n) is 4.90. The third-order valence-electron chi connectivity index (χ3n) is 3.48.